The summed E-state index contributed by atoms with van der Waals surface area (Å²) in [6.07, 6.45) is 9.76. The molecule has 1 aromatic heterocycles. The van der Waals surface area contributed by atoms with E-state index in [0.717, 1.165) is 51.3 Å². The number of sulfonamides is 1. The number of aromatic nitrogens is 2. The molecule has 3 rings (SSSR count). The number of hydrogen-bond acceptors (Lipinski definition) is 5. The molecule has 11 heteroatoms. The predicted octanol–water partition coefficient (Wildman–Crippen LogP) is 1.45. The van der Waals surface area contributed by atoms with Gasteiger partial charge in [-0.15, -0.1) is 24.0 Å². The molecule has 0 radical (unpaired) electrons. The Morgan fingerprint density at radius 3 is 2.83 bits per heavy atom. The van der Waals surface area contributed by atoms with E-state index in [1.165, 1.54) is 0 Å². The van der Waals surface area contributed by atoms with Gasteiger partial charge in [0.05, 0.1) is 24.2 Å². The van der Waals surface area contributed by atoms with Gasteiger partial charge in [0.2, 0.25) is 10.0 Å². The van der Waals surface area contributed by atoms with Gasteiger partial charge in [0.25, 0.3) is 0 Å². The second-order valence-corrected chi connectivity index (χ2v) is 9.85. The molecule has 0 amide bonds. The lowest BCUT2D eigenvalue weighted by molar-refractivity contribution is 0.0200. The number of piperidine rings is 1. The third-order valence-corrected chi connectivity index (χ3v) is 7.14. The number of nitrogens with zero attached hydrogens (tertiary/aromatic N) is 4. The highest BCUT2D eigenvalue weighted by atomic mass is 127. The highest BCUT2D eigenvalue weighted by Gasteiger charge is 2.29. The molecule has 3 heterocycles. The van der Waals surface area contributed by atoms with Gasteiger partial charge < -0.3 is 19.5 Å². The van der Waals surface area contributed by atoms with Crippen LogP contribution in [-0.4, -0.2) is 80.5 Å². The van der Waals surface area contributed by atoms with Gasteiger partial charge in [-0.25, -0.2) is 18.1 Å². The van der Waals surface area contributed by atoms with E-state index in [0.29, 0.717) is 25.0 Å². The third kappa shape index (κ3) is 7.34. The molecule has 2 saturated heterocycles. The molecule has 3 atom stereocenters. The molecule has 1 aromatic rings. The van der Waals surface area contributed by atoms with E-state index in [2.05, 4.69) is 36.4 Å². The van der Waals surface area contributed by atoms with E-state index in [9.17, 15) is 8.42 Å². The average molecular weight is 554 g/mol. The molecule has 0 aliphatic carbocycles. The van der Waals surface area contributed by atoms with Gasteiger partial charge in [0, 0.05) is 52.2 Å². The minimum Gasteiger partial charge on any atom is -0.377 e. The number of likely N-dealkylation sites (tertiary alicyclic amines) is 1. The fraction of sp³-hybridized carbons (Fsp3) is 0.789. The average Bonchev–Trinajstić information content (AvgIpc) is 3.26. The highest BCUT2D eigenvalue weighted by molar-refractivity contribution is 14.0. The van der Waals surface area contributed by atoms with Crippen molar-refractivity contribution in [1.82, 2.24) is 24.5 Å². The summed E-state index contributed by atoms with van der Waals surface area (Å²) in [5.74, 6) is 1.30. The number of hydrogen-bond donors (Lipinski definition) is 2. The van der Waals surface area contributed by atoms with E-state index >= 15 is 0 Å². The fourth-order valence-electron chi connectivity index (χ4n) is 3.98. The molecule has 2 aliphatic rings. The molecule has 0 bridgehead atoms. The minimum absolute atomic E-state index is 0. The van der Waals surface area contributed by atoms with Crippen LogP contribution in [0.25, 0.3) is 0 Å². The molecule has 30 heavy (non-hydrogen) atoms. The maximum Gasteiger partial charge on any atom is 0.213 e. The van der Waals surface area contributed by atoms with Crippen LogP contribution in [0, 0.1) is 5.92 Å². The number of nitrogens with one attached hydrogen (secondary N) is 2. The topological polar surface area (TPSA) is 101 Å². The van der Waals surface area contributed by atoms with Crippen molar-refractivity contribution in [1.29, 1.82) is 0 Å². The molecule has 2 fully saturated rings. The molecule has 9 nitrogen and oxygen atoms in total. The standard InChI is InChI=1S/C19H34N6O3S.HI/c1-16-6-9-24(14-18(16)25-10-7-21-15-25)19(20-2)22-8-12-29(26,27)23-13-17-5-3-4-11-28-17;/h7,10,15-18,23H,3-6,8-9,11-14H2,1-2H3,(H,20,22);1H. The van der Waals surface area contributed by atoms with Crippen molar-refractivity contribution in [3.8, 4) is 0 Å². The van der Waals surface area contributed by atoms with Gasteiger partial charge in [0.1, 0.15) is 0 Å². The summed E-state index contributed by atoms with van der Waals surface area (Å²) in [6, 6.07) is 0.325. The van der Waals surface area contributed by atoms with Crippen molar-refractivity contribution < 1.29 is 13.2 Å². The molecule has 172 valence electrons. The van der Waals surface area contributed by atoms with Crippen LogP contribution in [0.5, 0.6) is 0 Å². The lowest BCUT2D eigenvalue weighted by Gasteiger charge is -2.39. The maximum absolute atomic E-state index is 12.3. The van der Waals surface area contributed by atoms with Crippen molar-refractivity contribution in [3.05, 3.63) is 18.7 Å². The molecule has 3 unspecified atom stereocenters. The quantitative estimate of drug-likeness (QED) is 0.301. The van der Waals surface area contributed by atoms with Crippen LogP contribution < -0.4 is 10.0 Å². The summed E-state index contributed by atoms with van der Waals surface area (Å²) in [5.41, 5.74) is 0. The SMILES string of the molecule is CN=C(NCCS(=O)(=O)NCC1CCCCO1)N1CCC(C)C(n2ccnc2)C1.I. The van der Waals surface area contributed by atoms with Gasteiger partial charge in [-0.05, 0) is 31.6 Å². The van der Waals surface area contributed by atoms with Crippen molar-refractivity contribution >= 4 is 40.0 Å². The summed E-state index contributed by atoms with van der Waals surface area (Å²) >= 11 is 0. The number of ether oxygens (including phenoxy) is 1. The Bertz CT molecular complexity index is 752. The molecule has 0 aromatic carbocycles. The van der Waals surface area contributed by atoms with Crippen molar-refractivity contribution in [2.75, 3.05) is 45.6 Å². The molecule has 0 saturated carbocycles. The number of rotatable bonds is 7. The Kier molecular flexibility index (Phi) is 10.3. The van der Waals surface area contributed by atoms with E-state index in [1.807, 2.05) is 12.5 Å². The number of guanidine groups is 1. The van der Waals surface area contributed by atoms with Crippen LogP contribution in [-0.2, 0) is 14.8 Å². The van der Waals surface area contributed by atoms with Crippen LogP contribution in [0.1, 0.15) is 38.6 Å². The number of imidazole rings is 1. The van der Waals surface area contributed by atoms with Crippen molar-refractivity contribution in [2.24, 2.45) is 10.9 Å². The van der Waals surface area contributed by atoms with Crippen LogP contribution in [0.15, 0.2) is 23.7 Å². The van der Waals surface area contributed by atoms with E-state index in [-0.39, 0.29) is 35.8 Å². The summed E-state index contributed by atoms with van der Waals surface area (Å²) in [7, 11) is -1.61. The summed E-state index contributed by atoms with van der Waals surface area (Å²) < 4.78 is 35.0. The van der Waals surface area contributed by atoms with Crippen LogP contribution >= 0.6 is 24.0 Å². The number of aliphatic imine (C=N–C) groups is 1. The van der Waals surface area contributed by atoms with Gasteiger partial charge in [-0.2, -0.15) is 0 Å². The van der Waals surface area contributed by atoms with Gasteiger partial charge >= 0.3 is 0 Å². The fourth-order valence-corrected chi connectivity index (χ4v) is 4.94. The van der Waals surface area contributed by atoms with Crippen LogP contribution in [0.3, 0.4) is 0 Å². The van der Waals surface area contributed by atoms with Crippen LogP contribution in [0.4, 0.5) is 0 Å². The molecular weight excluding hydrogens is 519 g/mol. The lowest BCUT2D eigenvalue weighted by atomic mass is 9.93. The summed E-state index contributed by atoms with van der Waals surface area (Å²) in [5, 5.41) is 3.21. The monoisotopic (exact) mass is 554 g/mol. The zero-order valence-corrected chi connectivity index (χ0v) is 21.0. The first-order valence-corrected chi connectivity index (χ1v) is 12.2. The second-order valence-electron chi connectivity index (χ2n) is 7.92. The summed E-state index contributed by atoms with van der Waals surface area (Å²) in [4.78, 5) is 10.7. The smallest absolute Gasteiger partial charge is 0.213 e. The van der Waals surface area contributed by atoms with E-state index < -0.39 is 10.0 Å². The first-order chi connectivity index (χ1) is 14.0. The molecular formula is C19H35IN6O3S. The Morgan fingerprint density at radius 1 is 1.33 bits per heavy atom. The van der Waals surface area contributed by atoms with Crippen molar-refractivity contribution in [2.45, 2.75) is 44.8 Å². The van der Waals surface area contributed by atoms with Gasteiger partial charge in [-0.3, -0.25) is 4.99 Å². The maximum atomic E-state index is 12.3. The van der Waals surface area contributed by atoms with Gasteiger partial charge in [0.15, 0.2) is 5.96 Å². The van der Waals surface area contributed by atoms with E-state index in [1.54, 1.807) is 13.2 Å². The Balaban J connectivity index is 0.00000320. The minimum atomic E-state index is -3.35. The Labute approximate surface area is 197 Å². The Hall–Kier alpha value is -0.920. The lowest BCUT2D eigenvalue weighted by Crippen LogP contribution is -2.50. The third-order valence-electron chi connectivity index (χ3n) is 5.80. The van der Waals surface area contributed by atoms with Crippen LogP contribution in [0.2, 0.25) is 0 Å². The molecule has 2 N–H and O–H groups in total. The zero-order chi connectivity index (χ0) is 20.7. The first-order valence-electron chi connectivity index (χ1n) is 10.5. The van der Waals surface area contributed by atoms with E-state index in [4.69, 9.17) is 4.74 Å². The number of halogens is 1. The predicted molar refractivity (Wildman–Crippen MR) is 129 cm³/mol. The van der Waals surface area contributed by atoms with Gasteiger partial charge in [-0.1, -0.05) is 6.92 Å². The first kappa shape index (κ1) is 25.3. The largest absolute Gasteiger partial charge is 0.377 e. The Morgan fingerprint density at radius 2 is 2.17 bits per heavy atom. The second kappa shape index (κ2) is 12.2. The normalized spacial score (nSPS) is 25.6. The molecule has 2 aliphatic heterocycles. The summed E-state index contributed by atoms with van der Waals surface area (Å²) in [6.45, 7) is 5.37. The van der Waals surface area contributed by atoms with Crippen molar-refractivity contribution in [3.63, 3.8) is 0 Å². The highest BCUT2D eigenvalue weighted by Crippen LogP contribution is 2.27. The zero-order valence-electron chi connectivity index (χ0n) is 17.9. The molecule has 0 spiro atoms.